The van der Waals surface area contributed by atoms with Crippen LogP contribution in [-0.2, 0) is 0 Å². The SMILES string of the molecule is CC(/C=C(/C)NC(C)c1ccccc1)=NC(C)c1ccccc1. The Bertz CT molecular complexity index is 657. The van der Waals surface area contributed by atoms with Gasteiger partial charge in [0, 0.05) is 17.5 Å². The summed E-state index contributed by atoms with van der Waals surface area (Å²) in [5, 5.41) is 3.52. The van der Waals surface area contributed by atoms with E-state index in [-0.39, 0.29) is 12.1 Å². The number of allylic oxidation sites excluding steroid dienone is 2. The summed E-state index contributed by atoms with van der Waals surface area (Å²) in [5.41, 5.74) is 4.69. The molecule has 0 aromatic heterocycles. The third kappa shape index (κ3) is 5.41. The van der Waals surface area contributed by atoms with Gasteiger partial charge in [0.2, 0.25) is 0 Å². The Hall–Kier alpha value is -2.35. The van der Waals surface area contributed by atoms with Gasteiger partial charge in [-0.15, -0.1) is 0 Å². The largest absolute Gasteiger partial charge is 0.382 e. The normalized spacial score (nSPS) is 15.1. The monoisotopic (exact) mass is 306 g/mol. The minimum absolute atomic E-state index is 0.173. The minimum Gasteiger partial charge on any atom is -0.382 e. The van der Waals surface area contributed by atoms with Crippen LogP contribution in [0, 0.1) is 0 Å². The molecule has 2 aromatic carbocycles. The Kier molecular flexibility index (Phi) is 6.16. The highest BCUT2D eigenvalue weighted by molar-refractivity contribution is 5.93. The number of hydrogen-bond donors (Lipinski definition) is 1. The Labute approximate surface area is 140 Å². The van der Waals surface area contributed by atoms with Gasteiger partial charge >= 0.3 is 0 Å². The average molecular weight is 306 g/mol. The maximum atomic E-state index is 4.77. The van der Waals surface area contributed by atoms with E-state index < -0.39 is 0 Å². The first-order chi connectivity index (χ1) is 11.1. The molecule has 0 aliphatic rings. The van der Waals surface area contributed by atoms with Crippen LogP contribution in [0.25, 0.3) is 0 Å². The maximum Gasteiger partial charge on any atom is 0.0724 e. The van der Waals surface area contributed by atoms with Crippen LogP contribution in [0.15, 0.2) is 77.4 Å². The lowest BCUT2D eigenvalue weighted by Gasteiger charge is -2.16. The van der Waals surface area contributed by atoms with Crippen molar-refractivity contribution in [1.82, 2.24) is 5.32 Å². The Morgan fingerprint density at radius 2 is 1.39 bits per heavy atom. The van der Waals surface area contributed by atoms with Crippen LogP contribution in [0.4, 0.5) is 0 Å². The van der Waals surface area contributed by atoms with Crippen molar-refractivity contribution < 1.29 is 0 Å². The second-order valence-electron chi connectivity index (χ2n) is 5.96. The van der Waals surface area contributed by atoms with Crippen molar-refractivity contribution in [3.63, 3.8) is 0 Å². The van der Waals surface area contributed by atoms with Crippen LogP contribution in [0.3, 0.4) is 0 Å². The summed E-state index contributed by atoms with van der Waals surface area (Å²) in [7, 11) is 0. The summed E-state index contributed by atoms with van der Waals surface area (Å²) in [6.45, 7) is 8.44. The maximum absolute atomic E-state index is 4.77. The molecule has 0 spiro atoms. The molecule has 0 saturated heterocycles. The van der Waals surface area contributed by atoms with Crippen LogP contribution in [-0.4, -0.2) is 5.71 Å². The highest BCUT2D eigenvalue weighted by Gasteiger charge is 2.05. The van der Waals surface area contributed by atoms with Gasteiger partial charge in [-0.05, 0) is 44.9 Å². The van der Waals surface area contributed by atoms with Crippen LogP contribution in [0.1, 0.15) is 50.9 Å². The van der Waals surface area contributed by atoms with E-state index in [1.54, 1.807) is 0 Å². The number of benzene rings is 2. The molecule has 0 heterocycles. The fraction of sp³-hybridized carbons (Fsp3) is 0.286. The highest BCUT2D eigenvalue weighted by Crippen LogP contribution is 2.17. The third-order valence-corrected chi connectivity index (χ3v) is 3.85. The van der Waals surface area contributed by atoms with Crippen LogP contribution in [0.5, 0.6) is 0 Å². The molecule has 2 nitrogen and oxygen atoms in total. The lowest BCUT2D eigenvalue weighted by Crippen LogP contribution is -2.17. The lowest BCUT2D eigenvalue weighted by molar-refractivity contribution is 0.654. The zero-order valence-electron chi connectivity index (χ0n) is 14.5. The minimum atomic E-state index is 0.173. The summed E-state index contributed by atoms with van der Waals surface area (Å²) < 4.78 is 0. The summed E-state index contributed by atoms with van der Waals surface area (Å²) >= 11 is 0. The van der Waals surface area contributed by atoms with Crippen LogP contribution in [0.2, 0.25) is 0 Å². The predicted octanol–water partition coefficient (Wildman–Crippen LogP) is 5.46. The van der Waals surface area contributed by atoms with Crippen molar-refractivity contribution in [2.45, 2.75) is 39.8 Å². The Balaban J connectivity index is 2.00. The first-order valence-corrected chi connectivity index (χ1v) is 8.15. The molecule has 0 bridgehead atoms. The van der Waals surface area contributed by atoms with Crippen molar-refractivity contribution in [2.24, 2.45) is 4.99 Å². The van der Waals surface area contributed by atoms with Gasteiger partial charge in [0.15, 0.2) is 0 Å². The van der Waals surface area contributed by atoms with E-state index in [4.69, 9.17) is 4.99 Å². The first kappa shape index (κ1) is 17.0. The molecule has 23 heavy (non-hydrogen) atoms. The van der Waals surface area contributed by atoms with Gasteiger partial charge in [0.1, 0.15) is 0 Å². The summed E-state index contributed by atoms with van der Waals surface area (Å²) in [6.07, 6.45) is 2.11. The number of nitrogens with zero attached hydrogens (tertiary/aromatic N) is 1. The van der Waals surface area contributed by atoms with Crippen molar-refractivity contribution in [3.8, 4) is 0 Å². The standard InChI is InChI=1S/C21H26N2/c1-16(22-18(3)20-11-7-5-8-12-20)15-17(2)23-19(4)21-13-9-6-10-14-21/h5-15,18-19,22H,1-4H3/b16-15-,23-17?. The molecule has 0 aliphatic carbocycles. The molecule has 1 N–H and O–H groups in total. The van der Waals surface area contributed by atoms with Gasteiger partial charge in [-0.1, -0.05) is 60.7 Å². The van der Waals surface area contributed by atoms with Crippen molar-refractivity contribution in [2.75, 3.05) is 0 Å². The molecule has 2 unspecified atom stereocenters. The number of hydrogen-bond acceptors (Lipinski definition) is 2. The Morgan fingerprint density at radius 1 is 0.870 bits per heavy atom. The fourth-order valence-electron chi connectivity index (χ4n) is 2.67. The number of aliphatic imine (C=N–C) groups is 1. The number of rotatable bonds is 6. The molecule has 0 aliphatic heterocycles. The zero-order valence-corrected chi connectivity index (χ0v) is 14.5. The molecule has 0 fully saturated rings. The molecule has 0 amide bonds. The first-order valence-electron chi connectivity index (χ1n) is 8.15. The van der Waals surface area contributed by atoms with Gasteiger partial charge in [0.25, 0.3) is 0 Å². The van der Waals surface area contributed by atoms with Gasteiger partial charge in [-0.3, -0.25) is 4.99 Å². The van der Waals surface area contributed by atoms with Gasteiger partial charge < -0.3 is 5.32 Å². The molecule has 2 heteroatoms. The zero-order chi connectivity index (χ0) is 16.7. The topological polar surface area (TPSA) is 24.4 Å². The average Bonchev–Trinajstić information content (AvgIpc) is 2.56. The highest BCUT2D eigenvalue weighted by atomic mass is 14.9. The fourth-order valence-corrected chi connectivity index (χ4v) is 2.67. The quantitative estimate of drug-likeness (QED) is 0.704. The molecule has 2 atom stereocenters. The lowest BCUT2D eigenvalue weighted by atomic mass is 10.1. The second-order valence-corrected chi connectivity index (χ2v) is 5.96. The van der Waals surface area contributed by atoms with E-state index in [1.807, 2.05) is 12.1 Å². The van der Waals surface area contributed by atoms with E-state index in [9.17, 15) is 0 Å². The third-order valence-electron chi connectivity index (χ3n) is 3.85. The molecule has 120 valence electrons. The second kappa shape index (κ2) is 8.33. The predicted molar refractivity (Wildman–Crippen MR) is 99.7 cm³/mol. The Morgan fingerprint density at radius 3 is 1.96 bits per heavy atom. The van der Waals surface area contributed by atoms with Crippen molar-refractivity contribution in [3.05, 3.63) is 83.6 Å². The van der Waals surface area contributed by atoms with E-state index in [0.717, 1.165) is 11.4 Å². The van der Waals surface area contributed by atoms with Crippen molar-refractivity contribution >= 4 is 5.71 Å². The summed E-state index contributed by atoms with van der Waals surface area (Å²) in [5.74, 6) is 0. The molecular formula is C21H26N2. The van der Waals surface area contributed by atoms with E-state index >= 15 is 0 Å². The van der Waals surface area contributed by atoms with Crippen LogP contribution < -0.4 is 5.32 Å². The van der Waals surface area contributed by atoms with Gasteiger partial charge in [-0.2, -0.15) is 0 Å². The van der Waals surface area contributed by atoms with Gasteiger partial charge in [0.05, 0.1) is 6.04 Å². The van der Waals surface area contributed by atoms with Crippen molar-refractivity contribution in [1.29, 1.82) is 0 Å². The summed E-state index contributed by atoms with van der Waals surface area (Å²) in [4.78, 5) is 4.77. The van der Waals surface area contributed by atoms with Gasteiger partial charge in [-0.25, -0.2) is 0 Å². The van der Waals surface area contributed by atoms with E-state index in [2.05, 4.69) is 87.6 Å². The number of nitrogens with one attached hydrogen (secondary N) is 1. The molecule has 0 saturated carbocycles. The summed E-state index contributed by atoms with van der Waals surface area (Å²) in [6, 6.07) is 21.3. The molecule has 2 rings (SSSR count). The van der Waals surface area contributed by atoms with E-state index in [1.165, 1.54) is 11.1 Å². The molecule has 0 radical (unpaired) electrons. The van der Waals surface area contributed by atoms with Crippen LogP contribution >= 0.6 is 0 Å². The smallest absolute Gasteiger partial charge is 0.0724 e. The van der Waals surface area contributed by atoms with E-state index in [0.29, 0.717) is 0 Å². The molecule has 2 aromatic rings. The molecular weight excluding hydrogens is 280 g/mol.